The zero-order valence-electron chi connectivity index (χ0n) is 7.21. The van der Waals surface area contributed by atoms with Crippen LogP contribution in [0.15, 0.2) is 12.8 Å². The standard InChI is InChI=1S/C8H18N2O/c1-3-10(11)8-6-4-5-7-9-2/h3,9,11H,1,4-8H2,2H3. The number of rotatable bonds is 7. The predicted molar refractivity (Wildman–Crippen MR) is 46.5 cm³/mol. The van der Waals surface area contributed by atoms with Gasteiger partial charge >= 0.3 is 0 Å². The normalized spacial score (nSPS) is 9.64. The summed E-state index contributed by atoms with van der Waals surface area (Å²) in [4.78, 5) is 0. The van der Waals surface area contributed by atoms with Crippen LogP contribution in [-0.4, -0.2) is 30.4 Å². The zero-order chi connectivity index (χ0) is 8.53. The summed E-state index contributed by atoms with van der Waals surface area (Å²) >= 11 is 0. The Morgan fingerprint density at radius 1 is 1.45 bits per heavy atom. The summed E-state index contributed by atoms with van der Waals surface area (Å²) in [6.45, 7) is 5.18. The molecule has 0 saturated heterocycles. The Hall–Kier alpha value is -0.540. The van der Waals surface area contributed by atoms with Crippen LogP contribution in [0.3, 0.4) is 0 Å². The van der Waals surface area contributed by atoms with Gasteiger partial charge in [0.25, 0.3) is 0 Å². The van der Waals surface area contributed by atoms with E-state index in [1.54, 1.807) is 0 Å². The monoisotopic (exact) mass is 158 g/mol. The molecule has 0 aromatic heterocycles. The van der Waals surface area contributed by atoms with Gasteiger partial charge in [-0.25, -0.2) is 0 Å². The molecule has 0 aliphatic heterocycles. The molecule has 0 aliphatic carbocycles. The molecule has 66 valence electrons. The maximum Gasteiger partial charge on any atom is 0.0446 e. The van der Waals surface area contributed by atoms with Gasteiger partial charge in [0.15, 0.2) is 0 Å². The third-order valence-corrected chi connectivity index (χ3v) is 1.52. The molecule has 0 unspecified atom stereocenters. The van der Waals surface area contributed by atoms with Gasteiger partial charge in [0.2, 0.25) is 0 Å². The first-order valence-electron chi connectivity index (χ1n) is 4.04. The van der Waals surface area contributed by atoms with E-state index in [0.29, 0.717) is 6.54 Å². The highest BCUT2D eigenvalue weighted by molar-refractivity contribution is 4.60. The minimum Gasteiger partial charge on any atom is -0.320 e. The van der Waals surface area contributed by atoms with E-state index in [-0.39, 0.29) is 0 Å². The Labute approximate surface area is 68.7 Å². The smallest absolute Gasteiger partial charge is 0.0446 e. The third-order valence-electron chi connectivity index (χ3n) is 1.52. The second-order valence-electron chi connectivity index (χ2n) is 2.51. The molecular formula is C8H18N2O. The van der Waals surface area contributed by atoms with Gasteiger partial charge in [-0.2, -0.15) is 0 Å². The molecule has 3 heteroatoms. The molecule has 0 saturated carbocycles. The SMILES string of the molecule is C=CN(O)CCCCCNC. The first-order valence-corrected chi connectivity index (χ1v) is 4.04. The maximum atomic E-state index is 8.91. The summed E-state index contributed by atoms with van der Waals surface area (Å²) in [6, 6.07) is 0. The number of hydrogen-bond acceptors (Lipinski definition) is 3. The largest absolute Gasteiger partial charge is 0.320 e. The van der Waals surface area contributed by atoms with Gasteiger partial charge in [-0.05, 0) is 26.4 Å². The summed E-state index contributed by atoms with van der Waals surface area (Å²) in [5.74, 6) is 0. The number of nitrogens with zero attached hydrogens (tertiary/aromatic N) is 1. The lowest BCUT2D eigenvalue weighted by molar-refractivity contribution is -0.0412. The second kappa shape index (κ2) is 7.57. The van der Waals surface area contributed by atoms with Crippen molar-refractivity contribution < 1.29 is 5.21 Å². The average molecular weight is 158 g/mol. The molecule has 0 radical (unpaired) electrons. The predicted octanol–water partition coefficient (Wildman–Crippen LogP) is 1.21. The van der Waals surface area contributed by atoms with Crippen molar-refractivity contribution in [3.8, 4) is 0 Å². The number of nitrogens with one attached hydrogen (secondary N) is 1. The van der Waals surface area contributed by atoms with E-state index in [9.17, 15) is 0 Å². The van der Waals surface area contributed by atoms with Crippen LogP contribution < -0.4 is 5.32 Å². The Morgan fingerprint density at radius 2 is 2.18 bits per heavy atom. The highest BCUT2D eigenvalue weighted by Crippen LogP contribution is 1.95. The molecule has 11 heavy (non-hydrogen) atoms. The van der Waals surface area contributed by atoms with Crippen LogP contribution >= 0.6 is 0 Å². The summed E-state index contributed by atoms with van der Waals surface area (Å²) in [5, 5.41) is 13.1. The van der Waals surface area contributed by atoms with E-state index in [4.69, 9.17) is 5.21 Å². The lowest BCUT2D eigenvalue weighted by Gasteiger charge is -2.09. The Kier molecular flexibility index (Phi) is 7.19. The van der Waals surface area contributed by atoms with E-state index in [1.165, 1.54) is 12.6 Å². The molecule has 0 aromatic rings. The van der Waals surface area contributed by atoms with Crippen molar-refractivity contribution in [3.05, 3.63) is 12.8 Å². The van der Waals surface area contributed by atoms with Crippen molar-refractivity contribution in [3.63, 3.8) is 0 Å². The van der Waals surface area contributed by atoms with Gasteiger partial charge in [0.05, 0.1) is 0 Å². The van der Waals surface area contributed by atoms with Crippen LogP contribution in [0.25, 0.3) is 0 Å². The molecule has 0 bridgehead atoms. The molecule has 2 N–H and O–H groups in total. The molecule has 3 nitrogen and oxygen atoms in total. The molecule has 0 rings (SSSR count). The molecule has 0 aliphatic rings. The lowest BCUT2D eigenvalue weighted by atomic mass is 10.2. The van der Waals surface area contributed by atoms with Crippen molar-refractivity contribution >= 4 is 0 Å². The molecular weight excluding hydrogens is 140 g/mol. The van der Waals surface area contributed by atoms with Crippen LogP contribution in [0.1, 0.15) is 19.3 Å². The minimum absolute atomic E-state index is 0.688. The average Bonchev–Trinajstić information content (AvgIpc) is 2.04. The van der Waals surface area contributed by atoms with Crippen molar-refractivity contribution in [1.29, 1.82) is 0 Å². The van der Waals surface area contributed by atoms with Crippen molar-refractivity contribution in [2.75, 3.05) is 20.1 Å². The Morgan fingerprint density at radius 3 is 2.73 bits per heavy atom. The van der Waals surface area contributed by atoms with E-state index in [2.05, 4.69) is 11.9 Å². The van der Waals surface area contributed by atoms with Crippen LogP contribution in [0.5, 0.6) is 0 Å². The number of unbranched alkanes of at least 4 members (excludes halogenated alkanes) is 2. The fourth-order valence-electron chi connectivity index (χ4n) is 0.844. The van der Waals surface area contributed by atoms with Crippen molar-refractivity contribution in [2.24, 2.45) is 0 Å². The molecule has 0 atom stereocenters. The van der Waals surface area contributed by atoms with E-state index < -0.39 is 0 Å². The van der Waals surface area contributed by atoms with E-state index in [1.807, 2.05) is 7.05 Å². The van der Waals surface area contributed by atoms with E-state index in [0.717, 1.165) is 24.4 Å². The highest BCUT2D eigenvalue weighted by Gasteiger charge is 1.91. The van der Waals surface area contributed by atoms with Crippen LogP contribution in [0.2, 0.25) is 0 Å². The summed E-state index contributed by atoms with van der Waals surface area (Å²) in [7, 11) is 1.95. The number of hydrogen-bond donors (Lipinski definition) is 2. The molecule has 0 spiro atoms. The van der Waals surface area contributed by atoms with Crippen LogP contribution in [-0.2, 0) is 0 Å². The molecule has 0 amide bonds. The molecule has 0 aromatic carbocycles. The summed E-state index contributed by atoms with van der Waals surface area (Å²) in [6.07, 6.45) is 4.76. The van der Waals surface area contributed by atoms with E-state index >= 15 is 0 Å². The Bertz CT molecular complexity index is 96.1. The van der Waals surface area contributed by atoms with Gasteiger partial charge in [-0.15, -0.1) is 0 Å². The van der Waals surface area contributed by atoms with Gasteiger partial charge < -0.3 is 5.32 Å². The molecule has 0 fully saturated rings. The fraction of sp³-hybridized carbons (Fsp3) is 0.750. The van der Waals surface area contributed by atoms with Crippen LogP contribution in [0.4, 0.5) is 0 Å². The van der Waals surface area contributed by atoms with Gasteiger partial charge in [0, 0.05) is 12.7 Å². The van der Waals surface area contributed by atoms with Gasteiger partial charge in [0.1, 0.15) is 0 Å². The van der Waals surface area contributed by atoms with Gasteiger partial charge in [-0.3, -0.25) is 10.3 Å². The summed E-state index contributed by atoms with van der Waals surface area (Å²) < 4.78 is 0. The third kappa shape index (κ3) is 7.36. The minimum atomic E-state index is 0.688. The van der Waals surface area contributed by atoms with Gasteiger partial charge in [-0.1, -0.05) is 13.0 Å². The first-order chi connectivity index (χ1) is 5.31. The second-order valence-corrected chi connectivity index (χ2v) is 2.51. The van der Waals surface area contributed by atoms with Crippen molar-refractivity contribution in [2.45, 2.75) is 19.3 Å². The maximum absolute atomic E-state index is 8.91. The zero-order valence-corrected chi connectivity index (χ0v) is 7.21. The molecule has 0 heterocycles. The first kappa shape index (κ1) is 10.5. The van der Waals surface area contributed by atoms with Crippen molar-refractivity contribution in [1.82, 2.24) is 10.4 Å². The van der Waals surface area contributed by atoms with Crippen LogP contribution in [0, 0.1) is 0 Å². The fourth-order valence-corrected chi connectivity index (χ4v) is 0.844. The quantitative estimate of drug-likeness (QED) is 0.432. The highest BCUT2D eigenvalue weighted by atomic mass is 16.5. The Balaban J connectivity index is 2.95. The summed E-state index contributed by atoms with van der Waals surface area (Å²) in [5.41, 5.74) is 0. The topological polar surface area (TPSA) is 35.5 Å². The lowest BCUT2D eigenvalue weighted by Crippen LogP contribution is -2.13. The number of hydroxylamine groups is 2.